The lowest BCUT2D eigenvalue weighted by atomic mass is 9.99. The third-order valence-electron chi connectivity index (χ3n) is 3.20. The van der Waals surface area contributed by atoms with Gasteiger partial charge >= 0.3 is 6.03 Å². The topological polar surface area (TPSA) is 70.6 Å². The number of carbonyl (C=O) groups is 1. The number of benzene rings is 1. The van der Waals surface area contributed by atoms with Gasteiger partial charge in [0.05, 0.1) is 6.54 Å². The lowest BCUT2D eigenvalue weighted by Crippen LogP contribution is -2.40. The van der Waals surface area contributed by atoms with Gasteiger partial charge in [0.2, 0.25) is 0 Å². The second kappa shape index (κ2) is 7.80. The number of amides is 2. The Hall–Kier alpha value is -2.31. The Morgan fingerprint density at radius 3 is 3.00 bits per heavy atom. The van der Waals surface area contributed by atoms with Gasteiger partial charge in [0, 0.05) is 11.8 Å². The summed E-state index contributed by atoms with van der Waals surface area (Å²) in [4.78, 5) is 12.0. The molecule has 2 amide bonds. The maximum atomic E-state index is 12.0. The van der Waals surface area contributed by atoms with Gasteiger partial charge < -0.3 is 20.5 Å². The van der Waals surface area contributed by atoms with Crippen LogP contribution in [0.4, 0.5) is 10.5 Å². The lowest BCUT2D eigenvalue weighted by molar-refractivity contribution is 0.0604. The van der Waals surface area contributed by atoms with E-state index in [4.69, 9.17) is 4.74 Å². The van der Waals surface area contributed by atoms with Crippen molar-refractivity contribution in [3.05, 3.63) is 59.3 Å². The molecule has 6 heteroatoms. The molecule has 0 aliphatic carbocycles. The highest BCUT2D eigenvalue weighted by atomic mass is 32.1. The first-order valence-corrected chi connectivity index (χ1v) is 8.09. The number of urea groups is 1. The predicted molar refractivity (Wildman–Crippen MR) is 93.0 cm³/mol. The van der Waals surface area contributed by atoms with Gasteiger partial charge in [-0.15, -0.1) is 0 Å². The molecule has 0 fully saturated rings. The average molecular weight is 332 g/mol. The van der Waals surface area contributed by atoms with Gasteiger partial charge in [-0.1, -0.05) is 18.7 Å². The largest absolute Gasteiger partial charge is 0.489 e. The molecule has 1 unspecified atom stereocenters. The van der Waals surface area contributed by atoms with Crippen LogP contribution in [-0.2, 0) is 5.60 Å². The Morgan fingerprint density at radius 2 is 2.30 bits per heavy atom. The fourth-order valence-electron chi connectivity index (χ4n) is 1.92. The van der Waals surface area contributed by atoms with Crippen molar-refractivity contribution in [1.82, 2.24) is 5.32 Å². The van der Waals surface area contributed by atoms with E-state index in [1.165, 1.54) is 11.3 Å². The molecule has 2 aromatic rings. The number of thiophene rings is 1. The highest BCUT2D eigenvalue weighted by Gasteiger charge is 2.24. The van der Waals surface area contributed by atoms with Gasteiger partial charge in [-0.25, -0.2) is 4.79 Å². The summed E-state index contributed by atoms with van der Waals surface area (Å²) in [6.07, 6.45) is 1.65. The summed E-state index contributed by atoms with van der Waals surface area (Å²) in [7, 11) is 0. The molecule has 0 bridgehead atoms. The van der Waals surface area contributed by atoms with E-state index < -0.39 is 5.60 Å². The van der Waals surface area contributed by atoms with Gasteiger partial charge in [0.25, 0.3) is 0 Å². The van der Waals surface area contributed by atoms with Crippen molar-refractivity contribution >= 4 is 23.1 Å². The Bertz CT molecular complexity index is 654. The molecule has 1 heterocycles. The van der Waals surface area contributed by atoms with Gasteiger partial charge in [-0.2, -0.15) is 11.3 Å². The van der Waals surface area contributed by atoms with E-state index in [0.717, 1.165) is 5.56 Å². The maximum absolute atomic E-state index is 12.0. The van der Waals surface area contributed by atoms with E-state index in [0.29, 0.717) is 18.0 Å². The SMILES string of the molecule is C=CCOc1cccc(NC(=O)NCC(C)(O)c2ccsc2)c1. The minimum absolute atomic E-state index is 0.113. The van der Waals surface area contributed by atoms with E-state index in [9.17, 15) is 9.90 Å². The normalized spacial score (nSPS) is 13.0. The first kappa shape index (κ1) is 17.1. The van der Waals surface area contributed by atoms with Crippen LogP contribution in [0.3, 0.4) is 0 Å². The summed E-state index contributed by atoms with van der Waals surface area (Å²) in [6, 6.07) is 8.52. The van der Waals surface area contributed by atoms with Crippen LogP contribution in [0.2, 0.25) is 0 Å². The zero-order valence-corrected chi connectivity index (χ0v) is 13.7. The highest BCUT2D eigenvalue weighted by molar-refractivity contribution is 7.08. The van der Waals surface area contributed by atoms with Gasteiger partial charge in [0.1, 0.15) is 18.0 Å². The third kappa shape index (κ3) is 5.12. The minimum Gasteiger partial charge on any atom is -0.489 e. The zero-order valence-electron chi connectivity index (χ0n) is 12.9. The molecule has 23 heavy (non-hydrogen) atoms. The van der Waals surface area contributed by atoms with Crippen LogP contribution in [0.1, 0.15) is 12.5 Å². The van der Waals surface area contributed by atoms with Crippen LogP contribution in [0.5, 0.6) is 5.75 Å². The van der Waals surface area contributed by atoms with Crippen molar-refractivity contribution in [3.63, 3.8) is 0 Å². The van der Waals surface area contributed by atoms with Crippen LogP contribution < -0.4 is 15.4 Å². The molecule has 5 nitrogen and oxygen atoms in total. The maximum Gasteiger partial charge on any atom is 0.319 e. The van der Waals surface area contributed by atoms with Crippen LogP contribution >= 0.6 is 11.3 Å². The van der Waals surface area contributed by atoms with Crippen LogP contribution in [-0.4, -0.2) is 24.3 Å². The molecule has 0 spiro atoms. The molecular weight excluding hydrogens is 312 g/mol. The summed E-state index contributed by atoms with van der Waals surface area (Å²) in [5.41, 5.74) is 0.286. The van der Waals surface area contributed by atoms with Gasteiger partial charge in [-0.3, -0.25) is 0 Å². The second-order valence-corrected chi connectivity index (χ2v) is 6.00. The van der Waals surface area contributed by atoms with Gasteiger partial charge in [0.15, 0.2) is 0 Å². The Kier molecular flexibility index (Phi) is 5.78. The summed E-state index contributed by atoms with van der Waals surface area (Å²) in [6.45, 7) is 5.77. The fraction of sp³-hybridized carbons (Fsp3) is 0.235. The first-order chi connectivity index (χ1) is 11.0. The Balaban J connectivity index is 1.88. The average Bonchev–Trinajstić information content (AvgIpc) is 3.07. The molecule has 0 saturated heterocycles. The number of ether oxygens (including phenoxy) is 1. The molecule has 1 aromatic heterocycles. The Morgan fingerprint density at radius 1 is 1.48 bits per heavy atom. The molecule has 3 N–H and O–H groups in total. The van der Waals surface area contributed by atoms with Crippen LogP contribution in [0.25, 0.3) is 0 Å². The number of anilines is 1. The first-order valence-electron chi connectivity index (χ1n) is 7.15. The number of hydrogen-bond donors (Lipinski definition) is 3. The van der Waals surface area contributed by atoms with Crippen LogP contribution in [0.15, 0.2) is 53.7 Å². The minimum atomic E-state index is -1.10. The van der Waals surface area contributed by atoms with Crippen LogP contribution in [0, 0.1) is 0 Å². The summed E-state index contributed by atoms with van der Waals surface area (Å²) >= 11 is 1.50. The van der Waals surface area contributed by atoms with Crippen molar-refractivity contribution in [2.75, 3.05) is 18.5 Å². The highest BCUT2D eigenvalue weighted by Crippen LogP contribution is 2.22. The number of carbonyl (C=O) groups excluding carboxylic acids is 1. The molecule has 2 rings (SSSR count). The molecule has 0 radical (unpaired) electrons. The quantitative estimate of drug-likeness (QED) is 0.681. The fourth-order valence-corrected chi connectivity index (χ4v) is 2.70. The van der Waals surface area contributed by atoms with E-state index in [1.54, 1.807) is 37.3 Å². The van der Waals surface area contributed by atoms with Crippen molar-refractivity contribution in [1.29, 1.82) is 0 Å². The molecule has 0 aliphatic rings. The molecule has 0 saturated carbocycles. The molecule has 0 aliphatic heterocycles. The summed E-state index contributed by atoms with van der Waals surface area (Å²) < 4.78 is 5.41. The summed E-state index contributed by atoms with van der Waals surface area (Å²) in [5, 5.41) is 19.5. The van der Waals surface area contributed by atoms with E-state index in [2.05, 4.69) is 17.2 Å². The number of hydrogen-bond acceptors (Lipinski definition) is 4. The smallest absolute Gasteiger partial charge is 0.319 e. The monoisotopic (exact) mass is 332 g/mol. The zero-order chi connectivity index (χ0) is 16.7. The molecule has 1 atom stereocenters. The van der Waals surface area contributed by atoms with Crippen molar-refractivity contribution < 1.29 is 14.6 Å². The molecular formula is C17H20N2O3S. The van der Waals surface area contributed by atoms with Gasteiger partial charge in [-0.05, 0) is 41.4 Å². The number of nitrogens with one attached hydrogen (secondary N) is 2. The second-order valence-electron chi connectivity index (χ2n) is 5.22. The summed E-state index contributed by atoms with van der Waals surface area (Å²) in [5.74, 6) is 0.646. The third-order valence-corrected chi connectivity index (χ3v) is 3.88. The molecule has 1 aromatic carbocycles. The number of rotatable bonds is 7. The standard InChI is InChI=1S/C17H20N2O3S/c1-3-8-22-15-6-4-5-14(10-15)19-16(20)18-12-17(2,21)13-7-9-23-11-13/h3-7,9-11,21H,1,8,12H2,2H3,(H2,18,19,20). The molecule has 122 valence electrons. The lowest BCUT2D eigenvalue weighted by Gasteiger charge is -2.22. The van der Waals surface area contributed by atoms with E-state index >= 15 is 0 Å². The van der Waals surface area contributed by atoms with Crippen molar-refractivity contribution in [3.8, 4) is 5.75 Å². The Labute approximate surface area is 139 Å². The van der Waals surface area contributed by atoms with E-state index in [-0.39, 0.29) is 12.6 Å². The van der Waals surface area contributed by atoms with Crippen molar-refractivity contribution in [2.45, 2.75) is 12.5 Å². The van der Waals surface area contributed by atoms with E-state index in [1.807, 2.05) is 16.8 Å². The van der Waals surface area contributed by atoms with Crippen molar-refractivity contribution in [2.24, 2.45) is 0 Å². The number of aliphatic hydroxyl groups is 1. The predicted octanol–water partition coefficient (Wildman–Crippen LogP) is 3.34.